The molecule has 0 atom stereocenters. The van der Waals surface area contributed by atoms with Gasteiger partial charge in [0, 0.05) is 51.7 Å². The van der Waals surface area contributed by atoms with Crippen molar-refractivity contribution < 1.29 is 14.3 Å². The van der Waals surface area contributed by atoms with Crippen LogP contribution in [-0.2, 0) is 17.9 Å². The maximum atomic E-state index is 11.7. The summed E-state index contributed by atoms with van der Waals surface area (Å²) >= 11 is 16.2. The van der Waals surface area contributed by atoms with Crippen LogP contribution < -0.4 is 14.8 Å². The molecular weight excluding hydrogens is 491 g/mol. The highest BCUT2D eigenvalue weighted by molar-refractivity contribution is 9.10. The first-order chi connectivity index (χ1) is 14.5. The molecule has 0 spiro atoms. The molecule has 0 unspecified atom stereocenters. The molecule has 0 bridgehead atoms. The van der Waals surface area contributed by atoms with Gasteiger partial charge in [-0.15, -0.1) is 0 Å². The van der Waals surface area contributed by atoms with E-state index in [1.54, 1.807) is 25.3 Å². The Hall–Kier alpha value is -1.47. The van der Waals surface area contributed by atoms with Crippen molar-refractivity contribution in [3.05, 3.63) is 56.0 Å². The molecule has 8 heteroatoms. The maximum Gasteiger partial charge on any atom is 0.222 e. The Morgan fingerprint density at radius 1 is 1.17 bits per heavy atom. The summed E-state index contributed by atoms with van der Waals surface area (Å²) in [6, 6.07) is 9.18. The Morgan fingerprint density at radius 3 is 2.60 bits per heavy atom. The van der Waals surface area contributed by atoms with E-state index >= 15 is 0 Å². The Balaban J connectivity index is 1.64. The molecule has 2 aromatic rings. The van der Waals surface area contributed by atoms with Gasteiger partial charge in [-0.1, -0.05) is 45.2 Å². The van der Waals surface area contributed by atoms with Crippen molar-refractivity contribution in [2.45, 2.75) is 32.4 Å². The monoisotopic (exact) mass is 514 g/mol. The number of ether oxygens (including phenoxy) is 2. The van der Waals surface area contributed by atoms with Crippen LogP contribution in [0.25, 0.3) is 0 Å². The number of benzene rings is 2. The summed E-state index contributed by atoms with van der Waals surface area (Å²) in [5.74, 6) is 1.55. The molecule has 5 nitrogen and oxygen atoms in total. The zero-order valence-electron chi connectivity index (χ0n) is 16.8. The van der Waals surface area contributed by atoms with Crippen molar-refractivity contribution in [2.24, 2.45) is 0 Å². The summed E-state index contributed by atoms with van der Waals surface area (Å²) in [6.45, 7) is 3.29. The van der Waals surface area contributed by atoms with Gasteiger partial charge in [-0.3, -0.25) is 4.79 Å². The normalized spacial score (nSPS) is 13.7. The van der Waals surface area contributed by atoms with Gasteiger partial charge in [-0.2, -0.15) is 0 Å². The lowest BCUT2D eigenvalue weighted by Crippen LogP contribution is -2.28. The average Bonchev–Trinajstić information content (AvgIpc) is 3.13. The second-order valence-electron chi connectivity index (χ2n) is 7.06. The Morgan fingerprint density at radius 2 is 1.93 bits per heavy atom. The molecule has 1 saturated heterocycles. The quantitative estimate of drug-likeness (QED) is 0.428. The Bertz CT molecular complexity index is 875. The van der Waals surface area contributed by atoms with Gasteiger partial charge in [-0.25, -0.2) is 0 Å². The highest BCUT2D eigenvalue weighted by Crippen LogP contribution is 2.37. The van der Waals surface area contributed by atoms with E-state index in [2.05, 4.69) is 21.2 Å². The SMILES string of the molecule is COc1ccc(Br)c(CNCCCN2CCCC2=O)c1OCc1c(Cl)cccc1Cl. The van der Waals surface area contributed by atoms with Gasteiger partial charge in [0.05, 0.1) is 7.11 Å². The summed E-state index contributed by atoms with van der Waals surface area (Å²) in [5.41, 5.74) is 1.69. The molecule has 162 valence electrons. The number of carbonyl (C=O) groups is 1. The van der Waals surface area contributed by atoms with Crippen LogP contribution in [0.4, 0.5) is 0 Å². The van der Waals surface area contributed by atoms with E-state index in [1.807, 2.05) is 17.0 Å². The number of hydrogen-bond donors (Lipinski definition) is 1. The van der Waals surface area contributed by atoms with E-state index in [0.29, 0.717) is 34.5 Å². The minimum Gasteiger partial charge on any atom is -0.493 e. The van der Waals surface area contributed by atoms with Crippen molar-refractivity contribution in [2.75, 3.05) is 26.7 Å². The molecule has 2 aromatic carbocycles. The molecule has 0 aromatic heterocycles. The van der Waals surface area contributed by atoms with Crippen LogP contribution in [0.3, 0.4) is 0 Å². The molecule has 1 aliphatic rings. The van der Waals surface area contributed by atoms with E-state index in [4.69, 9.17) is 32.7 Å². The molecule has 3 rings (SSSR count). The van der Waals surface area contributed by atoms with Gasteiger partial charge >= 0.3 is 0 Å². The van der Waals surface area contributed by atoms with Crippen LogP contribution in [0.5, 0.6) is 11.5 Å². The Labute approximate surface area is 195 Å². The fourth-order valence-corrected chi connectivity index (χ4v) is 4.39. The molecule has 0 aliphatic carbocycles. The zero-order chi connectivity index (χ0) is 21.5. The van der Waals surface area contributed by atoms with Crippen LogP contribution in [0.15, 0.2) is 34.8 Å². The van der Waals surface area contributed by atoms with Crippen molar-refractivity contribution in [3.8, 4) is 11.5 Å². The zero-order valence-corrected chi connectivity index (χ0v) is 19.9. The highest BCUT2D eigenvalue weighted by Gasteiger charge is 2.19. The van der Waals surface area contributed by atoms with Crippen molar-refractivity contribution >= 4 is 45.0 Å². The number of hydrogen-bond acceptors (Lipinski definition) is 4. The number of methoxy groups -OCH3 is 1. The summed E-state index contributed by atoms with van der Waals surface area (Å²) in [6.07, 6.45) is 2.55. The van der Waals surface area contributed by atoms with Crippen molar-refractivity contribution in [1.82, 2.24) is 10.2 Å². The van der Waals surface area contributed by atoms with Gasteiger partial charge in [-0.05, 0) is 43.7 Å². The van der Waals surface area contributed by atoms with Crippen LogP contribution in [0.1, 0.15) is 30.4 Å². The lowest BCUT2D eigenvalue weighted by molar-refractivity contribution is -0.127. The largest absolute Gasteiger partial charge is 0.493 e. The second kappa shape index (κ2) is 11.2. The predicted molar refractivity (Wildman–Crippen MR) is 124 cm³/mol. The average molecular weight is 516 g/mol. The number of halogens is 3. The van der Waals surface area contributed by atoms with E-state index < -0.39 is 0 Å². The fourth-order valence-electron chi connectivity index (χ4n) is 3.43. The third-order valence-electron chi connectivity index (χ3n) is 5.06. The molecule has 1 fully saturated rings. The van der Waals surface area contributed by atoms with Crippen molar-refractivity contribution in [3.63, 3.8) is 0 Å². The Kier molecular flexibility index (Phi) is 8.69. The molecule has 1 amide bonds. The summed E-state index contributed by atoms with van der Waals surface area (Å²) < 4.78 is 12.6. The van der Waals surface area contributed by atoms with Crippen LogP contribution in [0, 0.1) is 0 Å². The molecule has 1 heterocycles. The van der Waals surface area contributed by atoms with Gasteiger partial charge in [0.1, 0.15) is 6.61 Å². The fraction of sp³-hybridized carbons (Fsp3) is 0.409. The smallest absolute Gasteiger partial charge is 0.222 e. The second-order valence-corrected chi connectivity index (χ2v) is 8.73. The van der Waals surface area contributed by atoms with E-state index in [0.717, 1.165) is 48.1 Å². The summed E-state index contributed by atoms with van der Waals surface area (Å²) in [4.78, 5) is 13.6. The lowest BCUT2D eigenvalue weighted by Gasteiger charge is -2.19. The van der Waals surface area contributed by atoms with Gasteiger partial charge < -0.3 is 19.7 Å². The maximum absolute atomic E-state index is 11.7. The topological polar surface area (TPSA) is 50.8 Å². The molecule has 0 radical (unpaired) electrons. The molecule has 30 heavy (non-hydrogen) atoms. The minimum absolute atomic E-state index is 0.232. The number of nitrogens with zero attached hydrogens (tertiary/aromatic N) is 1. The number of carbonyl (C=O) groups excluding carboxylic acids is 1. The first kappa shape index (κ1) is 23.2. The minimum atomic E-state index is 0.232. The summed E-state index contributed by atoms with van der Waals surface area (Å²) in [5, 5.41) is 4.56. The first-order valence-electron chi connectivity index (χ1n) is 9.90. The third-order valence-corrected chi connectivity index (χ3v) is 6.52. The van der Waals surface area contributed by atoms with E-state index in [1.165, 1.54) is 0 Å². The number of nitrogens with one attached hydrogen (secondary N) is 1. The third kappa shape index (κ3) is 5.82. The van der Waals surface area contributed by atoms with Crippen molar-refractivity contribution in [1.29, 1.82) is 0 Å². The molecule has 1 aliphatic heterocycles. The van der Waals surface area contributed by atoms with E-state index in [9.17, 15) is 4.79 Å². The van der Waals surface area contributed by atoms with Gasteiger partial charge in [0.25, 0.3) is 0 Å². The number of likely N-dealkylation sites (tertiary alicyclic amines) is 1. The standard InChI is InChI=1S/C22H25BrCl2N2O3/c1-29-20-9-8-17(23)15(13-26-10-4-12-27-11-3-7-21(27)28)22(20)30-14-16-18(24)5-2-6-19(16)25/h2,5-6,8-9,26H,3-4,7,10-14H2,1H3. The predicted octanol–water partition coefficient (Wildman–Crippen LogP) is 5.45. The van der Waals surface area contributed by atoms with Crippen LogP contribution in [-0.4, -0.2) is 37.6 Å². The molecule has 0 saturated carbocycles. The molecule has 1 N–H and O–H groups in total. The van der Waals surface area contributed by atoms with Crippen LogP contribution >= 0.6 is 39.1 Å². The van der Waals surface area contributed by atoms with Gasteiger partial charge in [0.15, 0.2) is 11.5 Å². The summed E-state index contributed by atoms with van der Waals surface area (Å²) in [7, 11) is 1.61. The lowest BCUT2D eigenvalue weighted by atomic mass is 10.1. The highest BCUT2D eigenvalue weighted by atomic mass is 79.9. The number of rotatable bonds is 10. The van der Waals surface area contributed by atoms with Gasteiger partial charge in [0.2, 0.25) is 5.91 Å². The van der Waals surface area contributed by atoms with Crippen LogP contribution in [0.2, 0.25) is 10.0 Å². The first-order valence-corrected chi connectivity index (χ1v) is 11.5. The number of amides is 1. The molecular formula is C22H25BrCl2N2O3. The van der Waals surface area contributed by atoms with E-state index in [-0.39, 0.29) is 12.5 Å².